The van der Waals surface area contributed by atoms with Gasteiger partial charge in [-0.3, -0.25) is 24.2 Å². The number of benzene rings is 1. The number of carbonyl (C=O) groups excluding carboxylic acids is 4. The molecule has 10 heteroatoms. The van der Waals surface area contributed by atoms with E-state index in [2.05, 4.69) is 15.6 Å². The summed E-state index contributed by atoms with van der Waals surface area (Å²) >= 11 is 0. The monoisotopic (exact) mass is 468 g/mol. The van der Waals surface area contributed by atoms with Crippen LogP contribution in [0.1, 0.15) is 49.5 Å². The number of hydrogen-bond donors (Lipinski definition) is 3. The first-order chi connectivity index (χ1) is 16.3. The molecule has 3 atom stereocenters. The van der Waals surface area contributed by atoms with Crippen molar-refractivity contribution in [3.63, 3.8) is 0 Å². The second-order valence-corrected chi connectivity index (χ2v) is 8.23. The van der Waals surface area contributed by atoms with E-state index < -0.39 is 48.2 Å². The smallest absolute Gasteiger partial charge is 0.305 e. The van der Waals surface area contributed by atoms with Crippen LogP contribution in [0.15, 0.2) is 36.5 Å². The molecule has 0 bridgehead atoms. The largest absolute Gasteiger partial charge is 0.481 e. The predicted octanol–water partition coefficient (Wildman–Crippen LogP) is 1.28. The van der Waals surface area contributed by atoms with Gasteiger partial charge in [-0.25, -0.2) is 0 Å². The lowest BCUT2D eigenvalue weighted by Gasteiger charge is -2.29. The van der Waals surface area contributed by atoms with Gasteiger partial charge in [0.05, 0.1) is 12.5 Å². The van der Waals surface area contributed by atoms with Crippen LogP contribution in [-0.2, 0) is 19.2 Å². The SMILES string of the molecule is CCCC(NC(=O)c1nccc2ccccc12)C(=O)N1CCCC1C(=O)NC(C=O)CC(=O)O. The maximum atomic E-state index is 13.4. The van der Waals surface area contributed by atoms with E-state index in [9.17, 15) is 24.0 Å². The van der Waals surface area contributed by atoms with Crippen molar-refractivity contribution in [1.82, 2.24) is 20.5 Å². The normalized spacial score (nSPS) is 17.1. The Morgan fingerprint density at radius 2 is 1.97 bits per heavy atom. The highest BCUT2D eigenvalue weighted by molar-refractivity contribution is 6.06. The summed E-state index contributed by atoms with van der Waals surface area (Å²) in [5, 5.41) is 15.6. The quantitative estimate of drug-likeness (QED) is 0.445. The Morgan fingerprint density at radius 3 is 2.68 bits per heavy atom. The first-order valence-electron chi connectivity index (χ1n) is 11.3. The van der Waals surface area contributed by atoms with E-state index in [1.807, 2.05) is 19.1 Å². The zero-order valence-corrected chi connectivity index (χ0v) is 18.9. The van der Waals surface area contributed by atoms with E-state index in [1.165, 1.54) is 11.1 Å². The highest BCUT2D eigenvalue weighted by atomic mass is 16.4. The molecule has 1 aromatic carbocycles. The maximum Gasteiger partial charge on any atom is 0.305 e. The Kier molecular flexibility index (Phi) is 8.29. The summed E-state index contributed by atoms with van der Waals surface area (Å²) in [6, 6.07) is 6.25. The molecule has 3 rings (SSSR count). The fraction of sp³-hybridized carbons (Fsp3) is 0.417. The van der Waals surface area contributed by atoms with Crippen LogP contribution in [0.5, 0.6) is 0 Å². The van der Waals surface area contributed by atoms with Gasteiger partial charge in [-0.05, 0) is 30.7 Å². The molecule has 2 heterocycles. The van der Waals surface area contributed by atoms with Gasteiger partial charge in [0.25, 0.3) is 5.91 Å². The molecule has 1 aromatic heterocycles. The molecule has 0 aliphatic carbocycles. The Morgan fingerprint density at radius 1 is 1.21 bits per heavy atom. The average molecular weight is 469 g/mol. The van der Waals surface area contributed by atoms with Crippen molar-refractivity contribution in [2.75, 3.05) is 6.54 Å². The van der Waals surface area contributed by atoms with Crippen molar-refractivity contribution in [2.45, 2.75) is 57.2 Å². The van der Waals surface area contributed by atoms with E-state index in [0.717, 1.165) is 5.39 Å². The molecule has 10 nitrogen and oxygen atoms in total. The molecule has 3 amide bonds. The number of amides is 3. The molecule has 0 spiro atoms. The molecule has 2 aromatic rings. The average Bonchev–Trinajstić information content (AvgIpc) is 3.32. The van der Waals surface area contributed by atoms with Crippen LogP contribution in [0, 0.1) is 0 Å². The van der Waals surface area contributed by atoms with Crippen LogP contribution in [0.3, 0.4) is 0 Å². The van der Waals surface area contributed by atoms with Crippen molar-refractivity contribution in [3.05, 3.63) is 42.2 Å². The number of likely N-dealkylation sites (tertiary alicyclic amines) is 1. The van der Waals surface area contributed by atoms with E-state index in [1.54, 1.807) is 18.2 Å². The molecule has 3 N–H and O–H groups in total. The minimum atomic E-state index is -1.22. The second kappa shape index (κ2) is 11.4. The van der Waals surface area contributed by atoms with Crippen molar-refractivity contribution >= 4 is 40.7 Å². The van der Waals surface area contributed by atoms with Crippen LogP contribution in [0.2, 0.25) is 0 Å². The molecule has 1 saturated heterocycles. The minimum Gasteiger partial charge on any atom is -0.481 e. The summed E-state index contributed by atoms with van der Waals surface area (Å²) in [7, 11) is 0. The number of rotatable bonds is 10. The van der Waals surface area contributed by atoms with Gasteiger partial charge in [-0.2, -0.15) is 0 Å². The molecule has 3 unspecified atom stereocenters. The van der Waals surface area contributed by atoms with Crippen LogP contribution in [-0.4, -0.2) is 69.6 Å². The third kappa shape index (κ3) is 5.75. The highest BCUT2D eigenvalue weighted by Gasteiger charge is 2.38. The van der Waals surface area contributed by atoms with E-state index in [-0.39, 0.29) is 5.69 Å². The van der Waals surface area contributed by atoms with Gasteiger partial charge in [0.15, 0.2) is 0 Å². The van der Waals surface area contributed by atoms with E-state index >= 15 is 0 Å². The second-order valence-electron chi connectivity index (χ2n) is 8.23. The van der Waals surface area contributed by atoms with Crippen molar-refractivity contribution in [2.24, 2.45) is 0 Å². The minimum absolute atomic E-state index is 0.213. The molecule has 0 saturated carbocycles. The lowest BCUT2D eigenvalue weighted by molar-refractivity contribution is -0.142. The number of carboxylic acid groups (broad SMARTS) is 1. The highest BCUT2D eigenvalue weighted by Crippen LogP contribution is 2.21. The van der Waals surface area contributed by atoms with Gasteiger partial charge in [-0.15, -0.1) is 0 Å². The summed E-state index contributed by atoms with van der Waals surface area (Å²) in [4.78, 5) is 66.8. The van der Waals surface area contributed by atoms with E-state index in [4.69, 9.17) is 5.11 Å². The topological polar surface area (TPSA) is 146 Å². The molecule has 1 aliphatic rings. The zero-order valence-electron chi connectivity index (χ0n) is 18.9. The molecular weight excluding hydrogens is 440 g/mol. The van der Waals surface area contributed by atoms with Crippen molar-refractivity contribution < 1.29 is 29.1 Å². The van der Waals surface area contributed by atoms with Crippen LogP contribution >= 0.6 is 0 Å². The summed E-state index contributed by atoms with van der Waals surface area (Å²) in [5.74, 6) is -2.67. The fourth-order valence-corrected chi connectivity index (χ4v) is 4.18. The van der Waals surface area contributed by atoms with Gasteiger partial charge in [0.1, 0.15) is 24.1 Å². The van der Waals surface area contributed by atoms with Gasteiger partial charge >= 0.3 is 5.97 Å². The van der Waals surface area contributed by atoms with Crippen LogP contribution < -0.4 is 10.6 Å². The predicted molar refractivity (Wildman–Crippen MR) is 123 cm³/mol. The van der Waals surface area contributed by atoms with Crippen LogP contribution in [0.4, 0.5) is 0 Å². The number of pyridine rings is 1. The number of aldehydes is 1. The summed E-state index contributed by atoms with van der Waals surface area (Å²) in [5.41, 5.74) is 0.213. The number of nitrogens with one attached hydrogen (secondary N) is 2. The Bertz CT molecular complexity index is 1080. The first kappa shape index (κ1) is 24.8. The van der Waals surface area contributed by atoms with Crippen LogP contribution in [0.25, 0.3) is 10.8 Å². The maximum absolute atomic E-state index is 13.4. The number of aromatic nitrogens is 1. The lowest BCUT2D eigenvalue weighted by Crippen LogP contribution is -2.54. The number of carbonyl (C=O) groups is 5. The molecule has 34 heavy (non-hydrogen) atoms. The molecular formula is C24H28N4O6. The third-order valence-electron chi connectivity index (χ3n) is 5.79. The first-order valence-corrected chi connectivity index (χ1v) is 11.3. The Balaban J connectivity index is 1.75. The third-order valence-corrected chi connectivity index (χ3v) is 5.79. The van der Waals surface area contributed by atoms with E-state index in [0.29, 0.717) is 43.9 Å². The van der Waals surface area contributed by atoms with Gasteiger partial charge < -0.3 is 25.4 Å². The van der Waals surface area contributed by atoms with Gasteiger partial charge in [0.2, 0.25) is 11.8 Å². The summed E-state index contributed by atoms with van der Waals surface area (Å²) < 4.78 is 0. The fourth-order valence-electron chi connectivity index (χ4n) is 4.18. The Labute approximate surface area is 196 Å². The van der Waals surface area contributed by atoms with Crippen molar-refractivity contribution in [1.29, 1.82) is 0 Å². The molecule has 1 aliphatic heterocycles. The van der Waals surface area contributed by atoms with Crippen molar-refractivity contribution in [3.8, 4) is 0 Å². The summed E-state index contributed by atoms with van der Waals surface area (Å²) in [6.07, 6.45) is 3.31. The zero-order chi connectivity index (χ0) is 24.7. The number of aliphatic carboxylic acids is 1. The van der Waals surface area contributed by atoms with Gasteiger partial charge in [0, 0.05) is 18.1 Å². The van der Waals surface area contributed by atoms with Gasteiger partial charge in [-0.1, -0.05) is 37.6 Å². The number of carboxylic acids is 1. The molecule has 1 fully saturated rings. The number of fused-ring (bicyclic) bond motifs is 1. The summed E-state index contributed by atoms with van der Waals surface area (Å²) in [6.45, 7) is 2.21. The standard InChI is InChI=1S/C24H28N4O6/c1-2-6-18(27-23(33)21-17-8-4-3-7-15(17)10-11-25-21)24(34)28-12-5-9-19(28)22(32)26-16(14-29)13-20(30)31/h3-4,7-8,10-11,14,16,18-19H,2,5-6,9,12-13H2,1H3,(H,26,32)(H,27,33)(H,30,31). The number of nitrogens with zero attached hydrogens (tertiary/aromatic N) is 2. The lowest BCUT2D eigenvalue weighted by atomic mass is 10.1. The molecule has 180 valence electrons. The number of hydrogen-bond acceptors (Lipinski definition) is 6. The molecule has 0 radical (unpaired) electrons. The Hall–Kier alpha value is -3.82.